The first-order valence-corrected chi connectivity index (χ1v) is 7.99. The van der Waals surface area contributed by atoms with E-state index in [1.54, 1.807) is 25.4 Å². The summed E-state index contributed by atoms with van der Waals surface area (Å²) in [6.07, 6.45) is 1.66. The Kier molecular flexibility index (Phi) is 5.69. The molecule has 1 aromatic carbocycles. The lowest BCUT2D eigenvalue weighted by molar-refractivity contribution is -0.115. The van der Waals surface area contributed by atoms with Crippen molar-refractivity contribution in [1.82, 2.24) is 4.98 Å². The first-order valence-electron chi connectivity index (χ1n) is 6.74. The highest BCUT2D eigenvalue weighted by Gasteiger charge is 2.18. The first kappa shape index (κ1) is 16.6. The summed E-state index contributed by atoms with van der Waals surface area (Å²) < 4.78 is 5.26. The minimum absolute atomic E-state index is 0.129. The van der Waals surface area contributed by atoms with Gasteiger partial charge < -0.3 is 10.1 Å². The quantitative estimate of drug-likeness (QED) is 0.832. The molecule has 2 rings (SSSR count). The van der Waals surface area contributed by atoms with Gasteiger partial charge in [-0.25, -0.2) is 4.98 Å². The number of aromatic nitrogens is 1. The maximum Gasteiger partial charge on any atom is 0.237 e. The van der Waals surface area contributed by atoms with Gasteiger partial charge in [0.15, 0.2) is 0 Å². The zero-order chi connectivity index (χ0) is 16.1. The van der Waals surface area contributed by atoms with Crippen LogP contribution in [0.25, 0.3) is 0 Å². The van der Waals surface area contributed by atoms with Crippen LogP contribution in [-0.2, 0) is 4.79 Å². The Morgan fingerprint density at radius 2 is 2.18 bits per heavy atom. The molecule has 0 spiro atoms. The maximum atomic E-state index is 12.3. The van der Waals surface area contributed by atoms with E-state index in [4.69, 9.17) is 16.3 Å². The molecule has 22 heavy (non-hydrogen) atoms. The third kappa shape index (κ3) is 4.15. The molecule has 0 aliphatic rings. The fourth-order valence-electron chi connectivity index (χ4n) is 1.83. The number of hydrogen-bond acceptors (Lipinski definition) is 4. The van der Waals surface area contributed by atoms with E-state index in [2.05, 4.69) is 10.3 Å². The van der Waals surface area contributed by atoms with E-state index in [1.807, 2.05) is 32.0 Å². The van der Waals surface area contributed by atoms with Gasteiger partial charge in [0.1, 0.15) is 10.8 Å². The second-order valence-electron chi connectivity index (χ2n) is 4.74. The average Bonchev–Trinajstić information content (AvgIpc) is 2.49. The second-order valence-corrected chi connectivity index (χ2v) is 6.48. The number of carbonyl (C=O) groups excluding carboxylic acids is 1. The van der Waals surface area contributed by atoms with Crippen molar-refractivity contribution in [1.29, 1.82) is 0 Å². The molecule has 0 saturated carbocycles. The molecule has 0 saturated heterocycles. The monoisotopic (exact) mass is 336 g/mol. The Bertz CT molecular complexity index is 679. The molecule has 0 aliphatic carbocycles. The average molecular weight is 337 g/mol. The van der Waals surface area contributed by atoms with E-state index in [-0.39, 0.29) is 11.2 Å². The lowest BCUT2D eigenvalue weighted by Crippen LogP contribution is -2.22. The molecular formula is C16H17ClN2O2S. The normalized spacial score (nSPS) is 11.8. The number of hydrogen-bond donors (Lipinski definition) is 1. The summed E-state index contributed by atoms with van der Waals surface area (Å²) >= 11 is 7.39. The number of anilines is 1. The van der Waals surface area contributed by atoms with Crippen LogP contribution >= 0.6 is 23.4 Å². The molecule has 6 heteroatoms. The lowest BCUT2D eigenvalue weighted by atomic mass is 10.2. The first-order chi connectivity index (χ1) is 10.5. The van der Waals surface area contributed by atoms with Crippen LogP contribution in [0.3, 0.4) is 0 Å². The van der Waals surface area contributed by atoms with Crippen LogP contribution in [0.1, 0.15) is 12.5 Å². The van der Waals surface area contributed by atoms with Gasteiger partial charge in [-0.05, 0) is 43.7 Å². The highest BCUT2D eigenvalue weighted by molar-refractivity contribution is 8.00. The number of pyridine rings is 1. The molecule has 4 nitrogen and oxygen atoms in total. The molecule has 0 radical (unpaired) electrons. The predicted octanol–water partition coefficient (Wildman–Crippen LogP) is 4.17. The van der Waals surface area contributed by atoms with Crippen molar-refractivity contribution >= 4 is 35.0 Å². The standard InChI is InChI=1S/C16H17ClN2O2S/c1-10-6-7-14(21-3)13(9-10)19-15(20)11(2)22-16-12(17)5-4-8-18-16/h4-9,11H,1-3H3,(H,19,20)/t11-/m0/s1. The number of thioether (sulfide) groups is 1. The zero-order valence-electron chi connectivity index (χ0n) is 12.6. The van der Waals surface area contributed by atoms with Crippen LogP contribution in [0.4, 0.5) is 5.69 Å². The number of halogens is 1. The molecule has 1 aromatic heterocycles. The Morgan fingerprint density at radius 3 is 2.86 bits per heavy atom. The van der Waals surface area contributed by atoms with E-state index in [1.165, 1.54) is 11.8 Å². The summed E-state index contributed by atoms with van der Waals surface area (Å²) in [5.74, 6) is 0.502. The molecule has 1 N–H and O–H groups in total. The molecule has 0 unspecified atom stereocenters. The van der Waals surface area contributed by atoms with Gasteiger partial charge >= 0.3 is 0 Å². The van der Waals surface area contributed by atoms with Crippen molar-refractivity contribution < 1.29 is 9.53 Å². The van der Waals surface area contributed by atoms with Crippen LogP contribution in [0, 0.1) is 6.92 Å². The number of nitrogens with zero attached hydrogens (tertiary/aromatic N) is 1. The van der Waals surface area contributed by atoms with Gasteiger partial charge in [-0.15, -0.1) is 0 Å². The van der Waals surface area contributed by atoms with E-state index in [0.717, 1.165) is 5.56 Å². The van der Waals surface area contributed by atoms with Crippen molar-refractivity contribution in [2.24, 2.45) is 0 Å². The van der Waals surface area contributed by atoms with Crippen LogP contribution in [0.2, 0.25) is 5.02 Å². The van der Waals surface area contributed by atoms with E-state index in [9.17, 15) is 4.79 Å². The number of nitrogens with one attached hydrogen (secondary N) is 1. The van der Waals surface area contributed by atoms with Crippen LogP contribution < -0.4 is 10.1 Å². The molecule has 1 heterocycles. The zero-order valence-corrected chi connectivity index (χ0v) is 14.2. The Hall–Kier alpha value is -1.72. The molecule has 0 aliphatic heterocycles. The van der Waals surface area contributed by atoms with Crippen molar-refractivity contribution in [3.05, 3.63) is 47.1 Å². The SMILES string of the molecule is COc1ccc(C)cc1NC(=O)[C@H](C)Sc1ncccc1Cl. The summed E-state index contributed by atoms with van der Waals surface area (Å²) in [6, 6.07) is 9.15. The summed E-state index contributed by atoms with van der Waals surface area (Å²) in [4.78, 5) is 16.5. The summed E-state index contributed by atoms with van der Waals surface area (Å²) in [6.45, 7) is 3.77. The topological polar surface area (TPSA) is 51.2 Å². The van der Waals surface area contributed by atoms with Gasteiger partial charge in [-0.1, -0.05) is 29.4 Å². The van der Waals surface area contributed by atoms with Crippen molar-refractivity contribution in [3.8, 4) is 5.75 Å². The summed E-state index contributed by atoms with van der Waals surface area (Å²) in [5, 5.41) is 3.73. The van der Waals surface area contributed by atoms with Gasteiger partial charge in [0.2, 0.25) is 5.91 Å². The highest BCUT2D eigenvalue weighted by atomic mass is 35.5. The number of benzene rings is 1. The molecule has 0 fully saturated rings. The molecule has 1 atom stereocenters. The minimum Gasteiger partial charge on any atom is -0.495 e. The molecule has 0 bridgehead atoms. The minimum atomic E-state index is -0.336. The van der Waals surface area contributed by atoms with Gasteiger partial charge in [0.05, 0.1) is 23.1 Å². The third-order valence-electron chi connectivity index (χ3n) is 3.00. The number of rotatable bonds is 5. The number of aryl methyl sites for hydroxylation is 1. The van der Waals surface area contributed by atoms with Gasteiger partial charge in [0.25, 0.3) is 0 Å². The maximum absolute atomic E-state index is 12.3. The molecule has 116 valence electrons. The van der Waals surface area contributed by atoms with Crippen molar-refractivity contribution in [3.63, 3.8) is 0 Å². The van der Waals surface area contributed by atoms with Gasteiger partial charge in [0, 0.05) is 6.20 Å². The fourth-order valence-corrected chi connectivity index (χ4v) is 2.89. The van der Waals surface area contributed by atoms with Crippen LogP contribution in [0.5, 0.6) is 5.75 Å². The smallest absolute Gasteiger partial charge is 0.237 e. The number of ether oxygens (including phenoxy) is 1. The summed E-state index contributed by atoms with van der Waals surface area (Å²) in [7, 11) is 1.58. The number of amides is 1. The molecule has 1 amide bonds. The van der Waals surface area contributed by atoms with Crippen LogP contribution in [0.15, 0.2) is 41.6 Å². The number of carbonyl (C=O) groups is 1. The fraction of sp³-hybridized carbons (Fsp3) is 0.250. The highest BCUT2D eigenvalue weighted by Crippen LogP contribution is 2.30. The van der Waals surface area contributed by atoms with Crippen molar-refractivity contribution in [2.75, 3.05) is 12.4 Å². The Balaban J connectivity index is 2.09. The molecular weight excluding hydrogens is 320 g/mol. The molecule has 2 aromatic rings. The lowest BCUT2D eigenvalue weighted by Gasteiger charge is -2.14. The van der Waals surface area contributed by atoms with E-state index in [0.29, 0.717) is 21.5 Å². The van der Waals surface area contributed by atoms with E-state index >= 15 is 0 Å². The Labute approximate surface area is 139 Å². The second kappa shape index (κ2) is 7.51. The van der Waals surface area contributed by atoms with E-state index < -0.39 is 0 Å². The van der Waals surface area contributed by atoms with Crippen molar-refractivity contribution in [2.45, 2.75) is 24.1 Å². The largest absolute Gasteiger partial charge is 0.495 e. The third-order valence-corrected chi connectivity index (χ3v) is 4.53. The summed E-state index contributed by atoms with van der Waals surface area (Å²) in [5.41, 5.74) is 1.70. The van der Waals surface area contributed by atoms with Gasteiger partial charge in [-0.3, -0.25) is 4.79 Å². The predicted molar refractivity (Wildman–Crippen MR) is 90.9 cm³/mol. The Morgan fingerprint density at radius 1 is 1.41 bits per heavy atom. The van der Waals surface area contributed by atoms with Gasteiger partial charge in [-0.2, -0.15) is 0 Å². The number of methoxy groups -OCH3 is 1. The van der Waals surface area contributed by atoms with Crippen LogP contribution in [-0.4, -0.2) is 23.3 Å².